The zero-order valence-corrected chi connectivity index (χ0v) is 8.19. The van der Waals surface area contributed by atoms with Gasteiger partial charge in [0.25, 0.3) is 0 Å². The molecule has 0 aromatic carbocycles. The molecule has 2 aliphatic heterocycles. The molecular weight excluding hydrogens is 172 g/mol. The van der Waals surface area contributed by atoms with Crippen LogP contribution in [0.1, 0.15) is 20.8 Å². The van der Waals surface area contributed by atoms with Gasteiger partial charge in [0, 0.05) is 5.92 Å². The summed E-state index contributed by atoms with van der Waals surface area (Å²) in [7, 11) is 0. The number of ether oxygens (including phenoxy) is 3. The molecule has 2 heterocycles. The summed E-state index contributed by atoms with van der Waals surface area (Å²) in [5.74, 6) is -0.572. The Bertz CT molecular complexity index is 204. The predicted molar refractivity (Wildman–Crippen MR) is 44.9 cm³/mol. The number of rotatable bonds is 0. The van der Waals surface area contributed by atoms with Gasteiger partial charge < -0.3 is 19.3 Å². The first-order chi connectivity index (χ1) is 5.99. The van der Waals surface area contributed by atoms with Crippen molar-refractivity contribution in [3.63, 3.8) is 0 Å². The Kier molecular flexibility index (Phi) is 2.11. The maximum atomic E-state index is 9.44. The van der Waals surface area contributed by atoms with E-state index in [0.29, 0.717) is 6.61 Å². The quantitative estimate of drug-likeness (QED) is 0.601. The Morgan fingerprint density at radius 1 is 1.31 bits per heavy atom. The molecule has 0 radical (unpaired) electrons. The van der Waals surface area contributed by atoms with Gasteiger partial charge >= 0.3 is 0 Å². The monoisotopic (exact) mass is 188 g/mol. The van der Waals surface area contributed by atoms with E-state index in [1.54, 1.807) is 0 Å². The fourth-order valence-corrected chi connectivity index (χ4v) is 1.95. The minimum atomic E-state index is -0.723. The molecule has 2 fully saturated rings. The summed E-state index contributed by atoms with van der Waals surface area (Å²) >= 11 is 0. The van der Waals surface area contributed by atoms with Crippen LogP contribution in [0.4, 0.5) is 0 Å². The summed E-state index contributed by atoms with van der Waals surface area (Å²) < 4.78 is 16.4. The fourth-order valence-electron chi connectivity index (χ4n) is 1.95. The van der Waals surface area contributed by atoms with E-state index >= 15 is 0 Å². The van der Waals surface area contributed by atoms with E-state index in [1.165, 1.54) is 0 Å². The molecule has 0 aromatic rings. The van der Waals surface area contributed by atoms with Crippen LogP contribution in [-0.4, -0.2) is 36.0 Å². The van der Waals surface area contributed by atoms with Gasteiger partial charge in [-0.25, -0.2) is 0 Å². The second-order valence-corrected chi connectivity index (χ2v) is 4.22. The van der Waals surface area contributed by atoms with E-state index in [0.717, 1.165) is 0 Å². The Morgan fingerprint density at radius 3 is 2.69 bits per heavy atom. The van der Waals surface area contributed by atoms with E-state index in [4.69, 9.17) is 14.2 Å². The highest BCUT2D eigenvalue weighted by molar-refractivity contribution is 4.88. The van der Waals surface area contributed by atoms with Gasteiger partial charge in [0.1, 0.15) is 6.10 Å². The average Bonchev–Trinajstić information content (AvgIpc) is 2.34. The van der Waals surface area contributed by atoms with Gasteiger partial charge in [0.2, 0.25) is 0 Å². The number of aliphatic hydroxyl groups is 1. The minimum absolute atomic E-state index is 0.0273. The lowest BCUT2D eigenvalue weighted by molar-refractivity contribution is -0.199. The SMILES string of the molecule is C[C@H]1C(O)OC[C@@H]2OC(C)(C)OC12. The van der Waals surface area contributed by atoms with Gasteiger partial charge in [0.05, 0.1) is 12.7 Å². The van der Waals surface area contributed by atoms with Crippen LogP contribution in [-0.2, 0) is 14.2 Å². The van der Waals surface area contributed by atoms with Crippen LogP contribution >= 0.6 is 0 Å². The Balaban J connectivity index is 2.11. The first-order valence-corrected chi connectivity index (χ1v) is 4.65. The first-order valence-electron chi connectivity index (χ1n) is 4.65. The maximum absolute atomic E-state index is 9.44. The molecule has 2 saturated heterocycles. The summed E-state index contributed by atoms with van der Waals surface area (Å²) in [6, 6.07) is 0. The van der Waals surface area contributed by atoms with Crippen LogP contribution in [0.25, 0.3) is 0 Å². The highest BCUT2D eigenvalue weighted by Gasteiger charge is 2.48. The largest absolute Gasteiger partial charge is 0.368 e. The smallest absolute Gasteiger partial charge is 0.163 e. The molecule has 2 rings (SSSR count). The molecule has 1 N–H and O–H groups in total. The lowest BCUT2D eigenvalue weighted by Crippen LogP contribution is -2.46. The predicted octanol–water partition coefficient (Wildman–Crippen LogP) is 0.491. The van der Waals surface area contributed by atoms with Crippen LogP contribution in [0.3, 0.4) is 0 Å². The van der Waals surface area contributed by atoms with E-state index in [9.17, 15) is 5.11 Å². The van der Waals surface area contributed by atoms with Gasteiger partial charge in [0.15, 0.2) is 12.1 Å². The third-order valence-electron chi connectivity index (χ3n) is 2.62. The highest BCUT2D eigenvalue weighted by Crippen LogP contribution is 2.36. The topological polar surface area (TPSA) is 47.9 Å². The van der Waals surface area contributed by atoms with Gasteiger partial charge in [-0.3, -0.25) is 0 Å². The minimum Gasteiger partial charge on any atom is -0.368 e. The van der Waals surface area contributed by atoms with Crippen molar-refractivity contribution in [1.29, 1.82) is 0 Å². The van der Waals surface area contributed by atoms with Crippen LogP contribution < -0.4 is 0 Å². The molecule has 4 atom stereocenters. The molecule has 76 valence electrons. The van der Waals surface area contributed by atoms with Crippen molar-refractivity contribution >= 4 is 0 Å². The Hall–Kier alpha value is -0.160. The van der Waals surface area contributed by atoms with Crippen molar-refractivity contribution in [2.24, 2.45) is 5.92 Å². The summed E-state index contributed by atoms with van der Waals surface area (Å²) in [5, 5.41) is 9.44. The van der Waals surface area contributed by atoms with E-state index < -0.39 is 12.1 Å². The molecule has 0 aromatic heterocycles. The highest BCUT2D eigenvalue weighted by atomic mass is 16.8. The van der Waals surface area contributed by atoms with Crippen molar-refractivity contribution in [2.45, 2.75) is 45.1 Å². The molecule has 0 aliphatic carbocycles. The molecule has 2 unspecified atom stereocenters. The summed E-state index contributed by atoms with van der Waals surface area (Å²) in [4.78, 5) is 0. The van der Waals surface area contributed by atoms with Crippen LogP contribution in [0.15, 0.2) is 0 Å². The van der Waals surface area contributed by atoms with Gasteiger partial charge in [-0.05, 0) is 13.8 Å². The number of aliphatic hydroxyl groups excluding tert-OH is 1. The molecule has 4 heteroatoms. The Labute approximate surface area is 77.8 Å². The number of hydrogen-bond donors (Lipinski definition) is 1. The molecule has 2 aliphatic rings. The molecule has 0 spiro atoms. The summed E-state index contributed by atoms with van der Waals surface area (Å²) in [6.45, 7) is 6.08. The lowest BCUT2D eigenvalue weighted by Gasteiger charge is -2.32. The van der Waals surface area contributed by atoms with Crippen molar-refractivity contribution in [2.75, 3.05) is 6.61 Å². The van der Waals surface area contributed by atoms with Gasteiger partial charge in [-0.1, -0.05) is 6.92 Å². The third-order valence-corrected chi connectivity index (χ3v) is 2.62. The molecule has 0 amide bonds. The maximum Gasteiger partial charge on any atom is 0.163 e. The van der Waals surface area contributed by atoms with Crippen LogP contribution in [0.5, 0.6) is 0 Å². The van der Waals surface area contributed by atoms with Crippen molar-refractivity contribution in [1.82, 2.24) is 0 Å². The number of hydrogen-bond acceptors (Lipinski definition) is 4. The van der Waals surface area contributed by atoms with E-state index in [2.05, 4.69) is 0 Å². The van der Waals surface area contributed by atoms with Crippen molar-refractivity contribution < 1.29 is 19.3 Å². The van der Waals surface area contributed by atoms with Crippen LogP contribution in [0, 0.1) is 5.92 Å². The zero-order chi connectivity index (χ0) is 9.64. The molecule has 0 bridgehead atoms. The van der Waals surface area contributed by atoms with E-state index in [1.807, 2.05) is 20.8 Å². The zero-order valence-electron chi connectivity index (χ0n) is 8.19. The van der Waals surface area contributed by atoms with Crippen molar-refractivity contribution in [3.8, 4) is 0 Å². The first kappa shape index (κ1) is 9.40. The molecular formula is C9H16O4. The molecule has 0 saturated carbocycles. The summed E-state index contributed by atoms with van der Waals surface area (Å²) in [5.41, 5.74) is 0. The van der Waals surface area contributed by atoms with Crippen molar-refractivity contribution in [3.05, 3.63) is 0 Å². The van der Waals surface area contributed by atoms with Gasteiger partial charge in [-0.15, -0.1) is 0 Å². The third kappa shape index (κ3) is 1.59. The van der Waals surface area contributed by atoms with Crippen LogP contribution in [0.2, 0.25) is 0 Å². The van der Waals surface area contributed by atoms with E-state index in [-0.39, 0.29) is 18.1 Å². The molecule has 4 nitrogen and oxygen atoms in total. The second kappa shape index (κ2) is 2.92. The lowest BCUT2D eigenvalue weighted by atomic mass is 9.97. The standard InChI is InChI=1S/C9H16O4/c1-5-7-6(4-11-8(5)10)12-9(2,3)13-7/h5-8,10H,4H2,1-3H3/t5-,6+,7?,8?/m1/s1. The average molecular weight is 188 g/mol. The molecule has 13 heavy (non-hydrogen) atoms. The Morgan fingerprint density at radius 2 is 2.00 bits per heavy atom. The second-order valence-electron chi connectivity index (χ2n) is 4.22. The van der Waals surface area contributed by atoms with Gasteiger partial charge in [-0.2, -0.15) is 0 Å². The number of fused-ring (bicyclic) bond motifs is 1. The normalized spacial score (nSPS) is 48.9. The fraction of sp³-hybridized carbons (Fsp3) is 1.00. The summed E-state index contributed by atoms with van der Waals surface area (Å²) in [6.07, 6.45) is -0.800.